The zero-order chi connectivity index (χ0) is 25.0. The number of amides is 2. The molecule has 0 aromatic heterocycles. The van der Waals surface area contributed by atoms with Gasteiger partial charge in [0.2, 0.25) is 0 Å². The number of methoxy groups -OCH3 is 2. The lowest BCUT2D eigenvalue weighted by molar-refractivity contribution is -0.0492. The van der Waals surface area contributed by atoms with Crippen molar-refractivity contribution in [2.45, 2.75) is 75.5 Å². The number of ether oxygens (including phenoxy) is 3. The van der Waals surface area contributed by atoms with Gasteiger partial charge in [0.15, 0.2) is 11.5 Å². The summed E-state index contributed by atoms with van der Waals surface area (Å²) in [4.78, 5) is 18.6. The van der Waals surface area contributed by atoms with Crippen molar-refractivity contribution in [1.29, 1.82) is 0 Å². The number of oxime groups is 1. The highest BCUT2D eigenvalue weighted by Crippen LogP contribution is 2.41. The Morgan fingerprint density at radius 3 is 2.47 bits per heavy atom. The molecule has 2 saturated carbocycles. The van der Waals surface area contributed by atoms with E-state index in [1.807, 2.05) is 42.5 Å². The molecule has 192 valence electrons. The summed E-state index contributed by atoms with van der Waals surface area (Å²) >= 11 is 0. The number of carbonyl (C=O) groups is 1. The molecule has 8 nitrogen and oxygen atoms in total. The maximum atomic E-state index is 12.6. The lowest BCUT2D eigenvalue weighted by Crippen LogP contribution is -2.45. The van der Waals surface area contributed by atoms with Gasteiger partial charge in [0.1, 0.15) is 11.4 Å². The highest BCUT2D eigenvalue weighted by molar-refractivity contribution is 6.02. The lowest BCUT2D eigenvalue weighted by atomic mass is 9.78. The second kappa shape index (κ2) is 10.7. The van der Waals surface area contributed by atoms with Crippen LogP contribution < -0.4 is 24.8 Å². The Bertz CT molecular complexity index is 1100. The molecular weight excluding hydrogens is 458 g/mol. The highest BCUT2D eigenvalue weighted by atomic mass is 16.7. The van der Waals surface area contributed by atoms with Crippen LogP contribution in [-0.2, 0) is 4.84 Å². The van der Waals surface area contributed by atoms with E-state index in [2.05, 4.69) is 15.8 Å². The Hall–Kier alpha value is -3.42. The molecule has 2 fully saturated rings. The predicted molar refractivity (Wildman–Crippen MR) is 138 cm³/mol. The number of urea groups is 1. The maximum Gasteiger partial charge on any atom is 0.319 e. The minimum atomic E-state index is -0.307. The Balaban J connectivity index is 1.16. The van der Waals surface area contributed by atoms with Crippen molar-refractivity contribution in [3.63, 3.8) is 0 Å². The summed E-state index contributed by atoms with van der Waals surface area (Å²) in [6.45, 7) is 0. The molecule has 2 aromatic carbocycles. The molecule has 36 heavy (non-hydrogen) atoms. The van der Waals surface area contributed by atoms with Gasteiger partial charge >= 0.3 is 6.03 Å². The van der Waals surface area contributed by atoms with Crippen LogP contribution in [-0.4, -0.2) is 43.7 Å². The van der Waals surface area contributed by atoms with E-state index in [-0.39, 0.29) is 23.8 Å². The number of benzene rings is 2. The predicted octanol–water partition coefficient (Wildman–Crippen LogP) is 5.65. The van der Waals surface area contributed by atoms with E-state index in [4.69, 9.17) is 19.0 Å². The van der Waals surface area contributed by atoms with Gasteiger partial charge < -0.3 is 29.7 Å². The van der Waals surface area contributed by atoms with Crippen LogP contribution in [0.15, 0.2) is 47.6 Å². The van der Waals surface area contributed by atoms with Crippen LogP contribution in [0, 0.1) is 0 Å². The van der Waals surface area contributed by atoms with Gasteiger partial charge in [0, 0.05) is 18.0 Å². The van der Waals surface area contributed by atoms with Crippen molar-refractivity contribution in [2.75, 3.05) is 19.5 Å². The molecule has 0 unspecified atom stereocenters. The van der Waals surface area contributed by atoms with Gasteiger partial charge in [-0.3, -0.25) is 0 Å². The van der Waals surface area contributed by atoms with Crippen LogP contribution in [0.5, 0.6) is 17.2 Å². The SMILES string of the molecule is COc1ccccc1NC(=O)NC1CCC2(CC1)CC(c1ccc(OC)c(OC3CCCC3)c1)=NO2. The standard InChI is InChI=1S/C28H35N3O5/c1-33-24-10-6-5-9-22(24)30-27(32)29-20-13-15-28(16-14-20)18-23(31-36-28)19-11-12-25(34-2)26(17-19)35-21-7-3-4-8-21/h5-6,9-12,17,20-21H,3-4,7-8,13-16,18H2,1-2H3,(H2,29,30,32). The molecule has 2 N–H and O–H groups in total. The third kappa shape index (κ3) is 5.37. The van der Waals surface area contributed by atoms with Gasteiger partial charge in [0.25, 0.3) is 0 Å². The first-order valence-electron chi connectivity index (χ1n) is 12.9. The van der Waals surface area contributed by atoms with Crippen LogP contribution in [0.1, 0.15) is 63.4 Å². The zero-order valence-electron chi connectivity index (χ0n) is 21.0. The Morgan fingerprint density at radius 1 is 0.972 bits per heavy atom. The fraction of sp³-hybridized carbons (Fsp3) is 0.500. The molecule has 0 saturated heterocycles. The van der Waals surface area contributed by atoms with E-state index in [0.29, 0.717) is 11.4 Å². The molecule has 2 aromatic rings. The molecule has 1 aliphatic heterocycles. The molecule has 3 aliphatic rings. The topological polar surface area (TPSA) is 90.4 Å². The van der Waals surface area contributed by atoms with Crippen molar-refractivity contribution < 1.29 is 23.8 Å². The molecule has 8 heteroatoms. The van der Waals surface area contributed by atoms with Gasteiger partial charge in [-0.15, -0.1) is 0 Å². The molecule has 2 amide bonds. The van der Waals surface area contributed by atoms with Crippen molar-refractivity contribution >= 4 is 17.4 Å². The number of nitrogens with zero attached hydrogens (tertiary/aromatic N) is 1. The summed E-state index contributed by atoms with van der Waals surface area (Å²) in [6.07, 6.45) is 8.96. The molecule has 1 spiro atoms. The third-order valence-corrected chi connectivity index (χ3v) is 7.52. The van der Waals surface area contributed by atoms with Crippen LogP contribution >= 0.6 is 0 Å². The summed E-state index contributed by atoms with van der Waals surface area (Å²) in [5, 5.41) is 10.5. The summed E-state index contributed by atoms with van der Waals surface area (Å²) in [5.74, 6) is 2.16. The number of carbonyl (C=O) groups excluding carboxylic acids is 1. The first-order chi connectivity index (χ1) is 17.6. The lowest BCUT2D eigenvalue weighted by Gasteiger charge is -2.35. The largest absolute Gasteiger partial charge is 0.495 e. The zero-order valence-corrected chi connectivity index (χ0v) is 21.0. The molecule has 1 heterocycles. The average molecular weight is 494 g/mol. The fourth-order valence-corrected chi connectivity index (χ4v) is 5.46. The van der Waals surface area contributed by atoms with Crippen LogP contribution in [0.25, 0.3) is 0 Å². The molecule has 0 atom stereocenters. The number of anilines is 1. The first-order valence-corrected chi connectivity index (χ1v) is 12.9. The monoisotopic (exact) mass is 493 g/mol. The fourth-order valence-electron chi connectivity index (χ4n) is 5.46. The van der Waals surface area contributed by atoms with Gasteiger partial charge in [-0.25, -0.2) is 4.79 Å². The van der Waals surface area contributed by atoms with E-state index >= 15 is 0 Å². The highest BCUT2D eigenvalue weighted by Gasteiger charge is 2.43. The third-order valence-electron chi connectivity index (χ3n) is 7.52. The number of para-hydroxylation sites is 2. The minimum absolute atomic E-state index is 0.0883. The summed E-state index contributed by atoms with van der Waals surface area (Å²) in [7, 11) is 3.26. The normalized spacial score (nSPS) is 23.6. The summed E-state index contributed by atoms with van der Waals surface area (Å²) < 4.78 is 17.1. The molecule has 0 radical (unpaired) electrons. The van der Waals surface area contributed by atoms with Crippen LogP contribution in [0.4, 0.5) is 10.5 Å². The van der Waals surface area contributed by atoms with Gasteiger partial charge in [-0.05, 0) is 81.7 Å². The number of rotatable bonds is 7. The average Bonchev–Trinajstić information content (AvgIpc) is 3.56. The summed E-state index contributed by atoms with van der Waals surface area (Å²) in [5.41, 5.74) is 2.29. The Morgan fingerprint density at radius 2 is 1.72 bits per heavy atom. The Kier molecular flexibility index (Phi) is 7.20. The minimum Gasteiger partial charge on any atom is -0.495 e. The second-order valence-electron chi connectivity index (χ2n) is 9.95. The quantitative estimate of drug-likeness (QED) is 0.520. The first kappa shape index (κ1) is 24.3. The smallest absolute Gasteiger partial charge is 0.319 e. The van der Waals surface area contributed by atoms with Gasteiger partial charge in [-0.2, -0.15) is 0 Å². The number of hydrogen-bond donors (Lipinski definition) is 2. The van der Waals surface area contributed by atoms with Crippen molar-refractivity contribution in [2.24, 2.45) is 5.16 Å². The summed E-state index contributed by atoms with van der Waals surface area (Å²) in [6, 6.07) is 13.3. The van der Waals surface area contributed by atoms with E-state index in [1.54, 1.807) is 14.2 Å². The van der Waals surface area contributed by atoms with E-state index < -0.39 is 0 Å². The number of nitrogens with one attached hydrogen (secondary N) is 2. The molecule has 0 bridgehead atoms. The molecule has 5 rings (SSSR count). The van der Waals surface area contributed by atoms with Gasteiger partial charge in [0.05, 0.1) is 31.7 Å². The number of hydrogen-bond acceptors (Lipinski definition) is 6. The van der Waals surface area contributed by atoms with E-state index in [0.717, 1.165) is 67.7 Å². The molecular formula is C28H35N3O5. The van der Waals surface area contributed by atoms with Crippen LogP contribution in [0.2, 0.25) is 0 Å². The van der Waals surface area contributed by atoms with Crippen LogP contribution in [0.3, 0.4) is 0 Å². The maximum absolute atomic E-state index is 12.6. The van der Waals surface area contributed by atoms with Crippen molar-refractivity contribution in [3.05, 3.63) is 48.0 Å². The van der Waals surface area contributed by atoms with E-state index in [1.165, 1.54) is 12.8 Å². The second-order valence-corrected chi connectivity index (χ2v) is 9.95. The van der Waals surface area contributed by atoms with E-state index in [9.17, 15) is 4.79 Å². The van der Waals surface area contributed by atoms with Crippen molar-refractivity contribution in [1.82, 2.24) is 5.32 Å². The van der Waals surface area contributed by atoms with Gasteiger partial charge in [-0.1, -0.05) is 17.3 Å². The molecule has 2 aliphatic carbocycles. The Labute approximate surface area is 212 Å². The van der Waals surface area contributed by atoms with Crippen molar-refractivity contribution in [3.8, 4) is 17.2 Å².